The summed E-state index contributed by atoms with van der Waals surface area (Å²) in [7, 11) is 0. The highest BCUT2D eigenvalue weighted by Gasteiger charge is 2.19. The molecule has 196 valence electrons. The number of hydrogen-bond donors (Lipinski definition) is 3. The minimum Gasteiger partial charge on any atom is -0.446 e. The molecule has 0 radical (unpaired) electrons. The van der Waals surface area contributed by atoms with Crippen molar-refractivity contribution < 1.29 is 14.3 Å². The molecule has 1 saturated heterocycles. The molecule has 1 fully saturated rings. The van der Waals surface area contributed by atoms with Crippen LogP contribution in [-0.4, -0.2) is 68.9 Å². The molecule has 1 aliphatic rings. The summed E-state index contributed by atoms with van der Waals surface area (Å²) in [5.41, 5.74) is 8.25. The second kappa shape index (κ2) is 11.6. The molecule has 3 aromatic rings. The number of nitrogens with one attached hydrogen (secondary N) is 2. The summed E-state index contributed by atoms with van der Waals surface area (Å²) in [6, 6.07) is 10.8. The Hall–Kier alpha value is -4.35. The summed E-state index contributed by atoms with van der Waals surface area (Å²) >= 11 is 0. The first-order valence-corrected chi connectivity index (χ1v) is 12.4. The highest BCUT2D eigenvalue weighted by atomic mass is 16.6. The molecule has 3 heterocycles. The summed E-state index contributed by atoms with van der Waals surface area (Å²) in [5, 5.41) is 10.3. The largest absolute Gasteiger partial charge is 0.446 e. The molecule has 12 heteroatoms. The molecule has 1 atom stereocenters. The van der Waals surface area contributed by atoms with Gasteiger partial charge in [0.2, 0.25) is 17.8 Å². The van der Waals surface area contributed by atoms with Gasteiger partial charge in [0.1, 0.15) is 11.9 Å². The number of benzene rings is 1. The fourth-order valence-electron chi connectivity index (χ4n) is 3.92. The van der Waals surface area contributed by atoms with Gasteiger partial charge in [-0.1, -0.05) is 6.92 Å². The number of nitrogen functional groups attached to an aromatic ring is 1. The van der Waals surface area contributed by atoms with E-state index in [0.717, 1.165) is 43.1 Å². The number of nitrogens with zero attached hydrogens (tertiary/aromatic N) is 6. The van der Waals surface area contributed by atoms with E-state index in [1.807, 2.05) is 30.9 Å². The number of hydrogen-bond acceptors (Lipinski definition) is 9. The lowest BCUT2D eigenvalue weighted by Crippen LogP contribution is -2.33. The first kappa shape index (κ1) is 25.7. The molecule has 37 heavy (non-hydrogen) atoms. The molecule has 0 aliphatic carbocycles. The van der Waals surface area contributed by atoms with Crippen molar-refractivity contribution in [2.24, 2.45) is 0 Å². The fraction of sp³-hybridized carbons (Fsp3) is 0.400. The standard InChI is InChI=1S/C25H33N9O3/c1-4-17(2)37-25(36)29-20-8-6-19(7-9-20)28-24-30-23(26)34(31-24)21-10-11-27-22(16-21)33-13-5-12-32(14-15-33)18(3)35/h6-11,16-17H,4-5,12-15H2,1-3H3,(H,29,36)(H3,26,28,30,31). The Kier molecular flexibility index (Phi) is 8.06. The number of carbonyl (C=O) groups excluding carboxylic acids is 2. The van der Waals surface area contributed by atoms with Crippen molar-refractivity contribution in [1.82, 2.24) is 24.6 Å². The van der Waals surface area contributed by atoms with E-state index >= 15 is 0 Å². The number of pyridine rings is 1. The Morgan fingerprint density at radius 2 is 1.86 bits per heavy atom. The average molecular weight is 508 g/mol. The highest BCUT2D eigenvalue weighted by molar-refractivity contribution is 5.85. The Bertz CT molecular complexity index is 1230. The number of aromatic nitrogens is 4. The second-order valence-corrected chi connectivity index (χ2v) is 8.88. The molecule has 1 aromatic carbocycles. The molecular weight excluding hydrogens is 474 g/mol. The van der Waals surface area contributed by atoms with Crippen molar-refractivity contribution in [2.75, 3.05) is 47.4 Å². The lowest BCUT2D eigenvalue weighted by Gasteiger charge is -2.22. The molecule has 0 bridgehead atoms. The summed E-state index contributed by atoms with van der Waals surface area (Å²) in [6.45, 7) is 8.31. The van der Waals surface area contributed by atoms with Crippen LogP contribution in [0.1, 0.15) is 33.6 Å². The highest BCUT2D eigenvalue weighted by Crippen LogP contribution is 2.22. The molecule has 2 aromatic heterocycles. The maximum Gasteiger partial charge on any atom is 0.411 e. The van der Waals surface area contributed by atoms with Crippen LogP contribution in [0.15, 0.2) is 42.6 Å². The Morgan fingerprint density at radius 1 is 1.11 bits per heavy atom. The lowest BCUT2D eigenvalue weighted by atomic mass is 10.3. The predicted molar refractivity (Wildman–Crippen MR) is 142 cm³/mol. The van der Waals surface area contributed by atoms with Crippen molar-refractivity contribution in [2.45, 2.75) is 39.7 Å². The van der Waals surface area contributed by atoms with E-state index in [1.54, 1.807) is 42.1 Å². The minimum atomic E-state index is -0.490. The molecule has 12 nitrogen and oxygen atoms in total. The van der Waals surface area contributed by atoms with Crippen LogP contribution in [0.4, 0.5) is 33.9 Å². The molecule has 1 aliphatic heterocycles. The third-order valence-corrected chi connectivity index (χ3v) is 6.14. The van der Waals surface area contributed by atoms with E-state index in [4.69, 9.17) is 10.5 Å². The third kappa shape index (κ3) is 6.66. The number of ether oxygens (including phenoxy) is 1. The topological polar surface area (TPSA) is 144 Å². The van der Waals surface area contributed by atoms with Gasteiger partial charge in [0, 0.05) is 56.7 Å². The van der Waals surface area contributed by atoms with Crippen LogP contribution in [0.25, 0.3) is 5.69 Å². The van der Waals surface area contributed by atoms with Gasteiger partial charge in [-0.2, -0.15) is 9.67 Å². The normalized spacial score (nSPS) is 14.6. The van der Waals surface area contributed by atoms with Crippen molar-refractivity contribution in [3.63, 3.8) is 0 Å². The first-order valence-electron chi connectivity index (χ1n) is 12.4. The Labute approximate surface area is 215 Å². The number of nitrogens with two attached hydrogens (primary N) is 1. The van der Waals surface area contributed by atoms with Crippen LogP contribution in [0.5, 0.6) is 0 Å². The van der Waals surface area contributed by atoms with E-state index in [2.05, 4.69) is 30.6 Å². The predicted octanol–water partition coefficient (Wildman–Crippen LogP) is 3.39. The van der Waals surface area contributed by atoms with E-state index < -0.39 is 6.09 Å². The summed E-state index contributed by atoms with van der Waals surface area (Å²) in [6.07, 6.45) is 2.70. The molecule has 4 rings (SSSR count). The summed E-state index contributed by atoms with van der Waals surface area (Å²) in [4.78, 5) is 36.5. The number of amides is 2. The van der Waals surface area contributed by atoms with Gasteiger partial charge in [-0.05, 0) is 50.1 Å². The third-order valence-electron chi connectivity index (χ3n) is 6.14. The average Bonchev–Trinajstić information content (AvgIpc) is 3.08. The zero-order chi connectivity index (χ0) is 26.4. The SMILES string of the molecule is CCC(C)OC(=O)Nc1ccc(Nc2nc(N)n(-c3ccnc(N4CCCN(C(C)=O)CC4)c3)n2)cc1. The van der Waals surface area contributed by atoms with Gasteiger partial charge in [0.15, 0.2) is 0 Å². The van der Waals surface area contributed by atoms with Crippen molar-refractivity contribution in [1.29, 1.82) is 0 Å². The van der Waals surface area contributed by atoms with Crippen LogP contribution in [0.3, 0.4) is 0 Å². The van der Waals surface area contributed by atoms with E-state index in [-0.39, 0.29) is 18.0 Å². The Balaban J connectivity index is 1.42. The smallest absolute Gasteiger partial charge is 0.411 e. The lowest BCUT2D eigenvalue weighted by molar-refractivity contribution is -0.128. The molecule has 2 amide bonds. The zero-order valence-electron chi connectivity index (χ0n) is 21.3. The maximum absolute atomic E-state index is 11.9. The van der Waals surface area contributed by atoms with E-state index in [0.29, 0.717) is 24.7 Å². The van der Waals surface area contributed by atoms with E-state index in [9.17, 15) is 9.59 Å². The van der Waals surface area contributed by atoms with Gasteiger partial charge in [-0.25, -0.2) is 9.78 Å². The Morgan fingerprint density at radius 3 is 2.59 bits per heavy atom. The fourth-order valence-corrected chi connectivity index (χ4v) is 3.92. The van der Waals surface area contributed by atoms with Gasteiger partial charge in [0.05, 0.1) is 5.69 Å². The molecule has 4 N–H and O–H groups in total. The van der Waals surface area contributed by atoms with Gasteiger partial charge in [-0.3, -0.25) is 10.1 Å². The number of rotatable bonds is 7. The van der Waals surface area contributed by atoms with Crippen LogP contribution < -0.4 is 21.3 Å². The number of anilines is 5. The molecular formula is C25H33N9O3. The van der Waals surface area contributed by atoms with Gasteiger partial charge < -0.3 is 25.6 Å². The van der Waals surface area contributed by atoms with Crippen molar-refractivity contribution in [3.8, 4) is 5.69 Å². The molecule has 1 unspecified atom stereocenters. The summed E-state index contributed by atoms with van der Waals surface area (Å²) < 4.78 is 6.78. The molecule has 0 saturated carbocycles. The van der Waals surface area contributed by atoms with Crippen molar-refractivity contribution >= 4 is 41.1 Å². The van der Waals surface area contributed by atoms with Gasteiger partial charge in [-0.15, -0.1) is 5.10 Å². The van der Waals surface area contributed by atoms with Crippen LogP contribution in [0, 0.1) is 0 Å². The van der Waals surface area contributed by atoms with Crippen LogP contribution in [0.2, 0.25) is 0 Å². The monoisotopic (exact) mass is 507 g/mol. The summed E-state index contributed by atoms with van der Waals surface area (Å²) in [5.74, 6) is 1.44. The quantitative estimate of drug-likeness (QED) is 0.438. The van der Waals surface area contributed by atoms with Gasteiger partial charge in [0.25, 0.3) is 0 Å². The van der Waals surface area contributed by atoms with Crippen LogP contribution in [-0.2, 0) is 9.53 Å². The van der Waals surface area contributed by atoms with E-state index in [1.165, 1.54) is 0 Å². The molecule has 0 spiro atoms. The minimum absolute atomic E-state index is 0.0917. The number of carbonyl (C=O) groups is 2. The maximum atomic E-state index is 11.9. The zero-order valence-corrected chi connectivity index (χ0v) is 21.3. The van der Waals surface area contributed by atoms with Crippen LogP contribution >= 0.6 is 0 Å². The second-order valence-electron chi connectivity index (χ2n) is 8.88. The first-order chi connectivity index (χ1) is 17.8. The van der Waals surface area contributed by atoms with Gasteiger partial charge >= 0.3 is 6.09 Å². The van der Waals surface area contributed by atoms with Crippen molar-refractivity contribution in [3.05, 3.63) is 42.6 Å².